The van der Waals surface area contributed by atoms with E-state index in [1.807, 2.05) is 18.2 Å². The zero-order valence-corrected chi connectivity index (χ0v) is 10.9. The van der Waals surface area contributed by atoms with Crippen LogP contribution in [0.2, 0.25) is 0 Å². The lowest BCUT2D eigenvalue weighted by atomic mass is 9.98. The Morgan fingerprint density at radius 2 is 2.16 bits per heavy atom. The molecule has 1 N–H and O–H groups in total. The van der Waals surface area contributed by atoms with Crippen molar-refractivity contribution in [2.45, 2.75) is 25.8 Å². The van der Waals surface area contributed by atoms with Gasteiger partial charge in [0.25, 0.3) is 0 Å². The van der Waals surface area contributed by atoms with E-state index in [1.54, 1.807) is 0 Å². The fraction of sp³-hybridized carbons (Fsp3) is 0.385. The monoisotopic (exact) mass is 259 g/mol. The van der Waals surface area contributed by atoms with Gasteiger partial charge >= 0.3 is 0 Å². The first-order chi connectivity index (χ1) is 9.25. The fourth-order valence-electron chi connectivity index (χ4n) is 1.83. The van der Waals surface area contributed by atoms with Crippen LogP contribution in [-0.2, 0) is 11.3 Å². The first-order valence-corrected chi connectivity index (χ1v) is 6.28. The van der Waals surface area contributed by atoms with Gasteiger partial charge in [0.15, 0.2) is 0 Å². The van der Waals surface area contributed by atoms with Crippen LogP contribution in [0.5, 0.6) is 0 Å². The summed E-state index contributed by atoms with van der Waals surface area (Å²) in [5.41, 5.74) is 1.29. The first-order valence-electron chi connectivity index (χ1n) is 6.28. The van der Waals surface area contributed by atoms with Gasteiger partial charge in [0.05, 0.1) is 0 Å². The molecular weight excluding hydrogens is 242 g/mol. The van der Waals surface area contributed by atoms with Crippen LogP contribution in [0.4, 0.5) is 0 Å². The minimum absolute atomic E-state index is 0.0763. The van der Waals surface area contributed by atoms with Crippen LogP contribution < -0.4 is 5.32 Å². The Morgan fingerprint density at radius 3 is 2.84 bits per heavy atom. The number of rotatable bonds is 6. The Bertz CT molecular complexity index is 497. The zero-order valence-electron chi connectivity index (χ0n) is 10.9. The number of benzene rings is 1. The van der Waals surface area contributed by atoms with Gasteiger partial charge < -0.3 is 5.32 Å². The minimum Gasteiger partial charge on any atom is -0.354 e. The van der Waals surface area contributed by atoms with E-state index >= 15 is 0 Å². The van der Waals surface area contributed by atoms with Crippen LogP contribution in [0.25, 0.3) is 0 Å². The number of carbonyl (C=O) groups excluding carboxylic acids is 1. The smallest absolute Gasteiger partial charge is 0.241 e. The summed E-state index contributed by atoms with van der Waals surface area (Å²) in [6.45, 7) is 2.96. The number of aromatic nitrogens is 4. The first kappa shape index (κ1) is 13.2. The van der Waals surface area contributed by atoms with Crippen molar-refractivity contribution in [3.8, 4) is 0 Å². The Morgan fingerprint density at radius 1 is 1.37 bits per heavy atom. The van der Waals surface area contributed by atoms with Crippen molar-refractivity contribution in [1.82, 2.24) is 25.5 Å². The van der Waals surface area contributed by atoms with Crippen molar-refractivity contribution in [3.05, 3.63) is 42.2 Å². The molecule has 0 unspecified atom stereocenters. The molecule has 0 spiro atoms. The van der Waals surface area contributed by atoms with Crippen molar-refractivity contribution in [2.75, 3.05) is 6.54 Å². The summed E-state index contributed by atoms with van der Waals surface area (Å²) in [6.07, 6.45) is 2.33. The molecule has 0 aliphatic heterocycles. The van der Waals surface area contributed by atoms with Gasteiger partial charge in [-0.05, 0) is 28.3 Å². The third kappa shape index (κ3) is 4.17. The fourth-order valence-corrected chi connectivity index (χ4v) is 1.83. The van der Waals surface area contributed by atoms with Gasteiger partial charge in [-0.1, -0.05) is 37.3 Å². The SMILES string of the molecule is C[C@@H](CCNC(=O)Cn1cnnn1)c1ccccc1. The van der Waals surface area contributed by atoms with Crippen LogP contribution in [0.15, 0.2) is 36.7 Å². The van der Waals surface area contributed by atoms with Crippen LogP contribution in [0.3, 0.4) is 0 Å². The number of amides is 1. The van der Waals surface area contributed by atoms with Crippen LogP contribution in [0, 0.1) is 0 Å². The number of hydrogen-bond donors (Lipinski definition) is 1. The molecule has 1 amide bonds. The van der Waals surface area contributed by atoms with E-state index in [1.165, 1.54) is 16.6 Å². The number of carbonyl (C=O) groups is 1. The van der Waals surface area contributed by atoms with E-state index in [2.05, 4.69) is 39.9 Å². The highest BCUT2D eigenvalue weighted by Gasteiger charge is 2.07. The van der Waals surface area contributed by atoms with Crippen molar-refractivity contribution in [2.24, 2.45) is 0 Å². The van der Waals surface area contributed by atoms with Crippen molar-refractivity contribution in [3.63, 3.8) is 0 Å². The van der Waals surface area contributed by atoms with E-state index < -0.39 is 0 Å². The molecule has 1 aromatic heterocycles. The summed E-state index contributed by atoms with van der Waals surface area (Å²) in [4.78, 5) is 11.6. The van der Waals surface area contributed by atoms with E-state index in [0.29, 0.717) is 12.5 Å². The molecule has 0 radical (unpaired) electrons. The second-order valence-corrected chi connectivity index (χ2v) is 4.46. The summed E-state index contributed by atoms with van der Waals surface area (Å²) in [5.74, 6) is 0.349. The lowest BCUT2D eigenvalue weighted by Gasteiger charge is -2.12. The molecule has 0 saturated heterocycles. The molecule has 100 valence electrons. The van der Waals surface area contributed by atoms with Gasteiger partial charge in [0.1, 0.15) is 12.9 Å². The van der Waals surface area contributed by atoms with Gasteiger partial charge in [-0.15, -0.1) is 5.10 Å². The third-order valence-corrected chi connectivity index (χ3v) is 2.97. The Balaban J connectivity index is 1.70. The largest absolute Gasteiger partial charge is 0.354 e. The molecule has 0 aliphatic rings. The number of tetrazole rings is 1. The molecule has 0 fully saturated rings. The average Bonchev–Trinajstić information content (AvgIpc) is 2.92. The Hall–Kier alpha value is -2.24. The number of nitrogens with one attached hydrogen (secondary N) is 1. The molecule has 1 aromatic carbocycles. The molecule has 19 heavy (non-hydrogen) atoms. The van der Waals surface area contributed by atoms with Gasteiger partial charge in [0, 0.05) is 6.54 Å². The van der Waals surface area contributed by atoms with Crippen LogP contribution in [-0.4, -0.2) is 32.7 Å². The second-order valence-electron chi connectivity index (χ2n) is 4.46. The summed E-state index contributed by atoms with van der Waals surface area (Å²) in [5, 5.41) is 13.5. The molecule has 0 bridgehead atoms. The molecule has 6 nitrogen and oxygen atoms in total. The Labute approximate surface area is 111 Å². The zero-order chi connectivity index (χ0) is 13.5. The highest BCUT2D eigenvalue weighted by molar-refractivity contribution is 5.75. The van der Waals surface area contributed by atoms with Crippen LogP contribution in [0.1, 0.15) is 24.8 Å². The van der Waals surface area contributed by atoms with Gasteiger partial charge in [0.2, 0.25) is 5.91 Å². The highest BCUT2D eigenvalue weighted by Crippen LogP contribution is 2.17. The second kappa shape index (κ2) is 6.63. The molecule has 2 rings (SSSR count). The molecule has 1 atom stereocenters. The van der Waals surface area contributed by atoms with E-state index in [0.717, 1.165) is 6.42 Å². The lowest BCUT2D eigenvalue weighted by molar-refractivity contribution is -0.121. The summed E-state index contributed by atoms with van der Waals surface area (Å²) >= 11 is 0. The van der Waals surface area contributed by atoms with E-state index in [-0.39, 0.29) is 12.5 Å². The molecule has 1 heterocycles. The van der Waals surface area contributed by atoms with Gasteiger partial charge in [-0.3, -0.25) is 4.79 Å². The topological polar surface area (TPSA) is 72.7 Å². The molecule has 0 aliphatic carbocycles. The number of nitrogens with zero attached hydrogens (tertiary/aromatic N) is 4. The van der Waals surface area contributed by atoms with Crippen LogP contribution >= 0.6 is 0 Å². The summed E-state index contributed by atoms with van der Waals surface area (Å²) in [7, 11) is 0. The maximum atomic E-state index is 11.6. The molecule has 0 saturated carbocycles. The minimum atomic E-state index is -0.0763. The third-order valence-electron chi connectivity index (χ3n) is 2.97. The predicted octanol–water partition coefficient (Wildman–Crippen LogP) is 0.983. The summed E-state index contributed by atoms with van der Waals surface area (Å²) in [6, 6.07) is 10.3. The lowest BCUT2D eigenvalue weighted by Crippen LogP contribution is -2.29. The highest BCUT2D eigenvalue weighted by atomic mass is 16.2. The van der Waals surface area contributed by atoms with Gasteiger partial charge in [-0.25, -0.2) is 4.68 Å². The van der Waals surface area contributed by atoms with Gasteiger partial charge in [-0.2, -0.15) is 0 Å². The van der Waals surface area contributed by atoms with E-state index in [9.17, 15) is 4.79 Å². The maximum Gasteiger partial charge on any atom is 0.241 e. The summed E-state index contributed by atoms with van der Waals surface area (Å²) < 4.78 is 1.40. The molecular formula is C13H17N5O. The predicted molar refractivity (Wildman–Crippen MR) is 70.3 cm³/mol. The van der Waals surface area contributed by atoms with Crippen molar-refractivity contribution < 1.29 is 4.79 Å². The maximum absolute atomic E-state index is 11.6. The van der Waals surface area contributed by atoms with Crippen molar-refractivity contribution >= 4 is 5.91 Å². The van der Waals surface area contributed by atoms with E-state index in [4.69, 9.17) is 0 Å². The average molecular weight is 259 g/mol. The number of hydrogen-bond acceptors (Lipinski definition) is 4. The standard InChI is InChI=1S/C13H17N5O/c1-11(12-5-3-2-4-6-12)7-8-14-13(19)9-18-10-15-16-17-18/h2-6,10-11H,7-9H2,1H3,(H,14,19)/t11-/m0/s1. The normalized spacial score (nSPS) is 12.1. The molecule has 2 aromatic rings. The molecule has 6 heteroatoms. The van der Waals surface area contributed by atoms with Crippen molar-refractivity contribution in [1.29, 1.82) is 0 Å². The quantitative estimate of drug-likeness (QED) is 0.839. The Kier molecular flexibility index (Phi) is 4.60.